The lowest BCUT2D eigenvalue weighted by molar-refractivity contribution is -0.122. The average Bonchev–Trinajstić information content (AvgIpc) is 3.10. The molecule has 0 aliphatic heterocycles. The van der Waals surface area contributed by atoms with Gasteiger partial charge in [-0.25, -0.2) is 13.8 Å². The molecular weight excluding hydrogens is 351 g/mol. The summed E-state index contributed by atoms with van der Waals surface area (Å²) < 4.78 is 15.6. The van der Waals surface area contributed by atoms with Crippen LogP contribution >= 0.6 is 0 Å². The van der Waals surface area contributed by atoms with Crippen molar-refractivity contribution >= 4 is 16.9 Å². The Balaban J connectivity index is 1.56. The molecule has 140 valence electrons. The van der Waals surface area contributed by atoms with Crippen molar-refractivity contribution < 1.29 is 9.18 Å². The number of hydrogen-bond donors (Lipinski definition) is 1. The first-order valence-corrected chi connectivity index (χ1v) is 8.98. The van der Waals surface area contributed by atoms with Crippen LogP contribution in [0.1, 0.15) is 32.1 Å². The summed E-state index contributed by atoms with van der Waals surface area (Å²) in [4.78, 5) is 24.9. The van der Waals surface area contributed by atoms with E-state index in [2.05, 4.69) is 20.7 Å². The summed E-state index contributed by atoms with van der Waals surface area (Å²) in [7, 11) is 0. The molecule has 0 saturated heterocycles. The molecule has 0 spiro atoms. The first-order valence-electron chi connectivity index (χ1n) is 8.98. The molecule has 1 N–H and O–H groups in total. The van der Waals surface area contributed by atoms with Gasteiger partial charge in [-0.1, -0.05) is 24.5 Å². The second-order valence-corrected chi connectivity index (χ2v) is 6.72. The van der Waals surface area contributed by atoms with Crippen molar-refractivity contribution in [3.05, 3.63) is 46.6 Å². The van der Waals surface area contributed by atoms with E-state index >= 15 is 0 Å². The Morgan fingerprint density at radius 1 is 1.19 bits per heavy atom. The molecule has 3 aromatic rings. The molecule has 9 heteroatoms. The van der Waals surface area contributed by atoms with Crippen LogP contribution in [0.5, 0.6) is 0 Å². The highest BCUT2D eigenvalue weighted by Gasteiger charge is 2.18. The van der Waals surface area contributed by atoms with E-state index < -0.39 is 5.56 Å². The lowest BCUT2D eigenvalue weighted by atomic mass is 9.95. The van der Waals surface area contributed by atoms with Crippen LogP contribution in [0.4, 0.5) is 4.39 Å². The van der Waals surface area contributed by atoms with E-state index in [9.17, 15) is 14.0 Å². The Morgan fingerprint density at radius 2 is 1.93 bits per heavy atom. The molecule has 0 bridgehead atoms. The number of aromatic nitrogens is 5. The van der Waals surface area contributed by atoms with Gasteiger partial charge in [0.15, 0.2) is 5.65 Å². The van der Waals surface area contributed by atoms with Crippen molar-refractivity contribution in [2.45, 2.75) is 44.7 Å². The van der Waals surface area contributed by atoms with Crippen molar-refractivity contribution in [3.63, 3.8) is 0 Å². The molecule has 1 aliphatic rings. The van der Waals surface area contributed by atoms with Crippen molar-refractivity contribution in [1.29, 1.82) is 0 Å². The van der Waals surface area contributed by atoms with Gasteiger partial charge in [-0.2, -0.15) is 5.10 Å². The van der Waals surface area contributed by atoms with Crippen LogP contribution in [0.3, 0.4) is 0 Å². The van der Waals surface area contributed by atoms with Gasteiger partial charge in [0.25, 0.3) is 5.56 Å². The first kappa shape index (κ1) is 17.3. The monoisotopic (exact) mass is 370 g/mol. The molecule has 4 rings (SSSR count). The number of fused-ring (bicyclic) bond motifs is 1. The fourth-order valence-electron chi connectivity index (χ4n) is 3.40. The predicted molar refractivity (Wildman–Crippen MR) is 95.9 cm³/mol. The number of nitrogens with zero attached hydrogens (tertiary/aromatic N) is 5. The summed E-state index contributed by atoms with van der Waals surface area (Å²) in [5.41, 5.74) is 0.385. The summed E-state index contributed by atoms with van der Waals surface area (Å²) >= 11 is 0. The summed E-state index contributed by atoms with van der Waals surface area (Å²) in [6, 6.07) is 5.83. The quantitative estimate of drug-likeness (QED) is 0.752. The van der Waals surface area contributed by atoms with Crippen LogP contribution in [0.15, 0.2) is 35.3 Å². The van der Waals surface area contributed by atoms with Crippen molar-refractivity contribution in [1.82, 2.24) is 30.1 Å². The van der Waals surface area contributed by atoms with Gasteiger partial charge in [-0.05, 0) is 37.1 Å². The van der Waals surface area contributed by atoms with E-state index in [1.54, 1.807) is 0 Å². The number of halogens is 1. The van der Waals surface area contributed by atoms with Gasteiger partial charge in [-0.3, -0.25) is 9.59 Å². The van der Waals surface area contributed by atoms with Gasteiger partial charge >= 0.3 is 0 Å². The van der Waals surface area contributed by atoms with Crippen molar-refractivity contribution in [2.24, 2.45) is 0 Å². The van der Waals surface area contributed by atoms with Crippen molar-refractivity contribution in [2.75, 3.05) is 0 Å². The Kier molecular flexibility index (Phi) is 4.66. The number of carbonyl (C=O) groups excluding carboxylic acids is 1. The zero-order valence-electron chi connectivity index (χ0n) is 14.6. The minimum Gasteiger partial charge on any atom is -0.352 e. The minimum atomic E-state index is -0.438. The van der Waals surface area contributed by atoms with Gasteiger partial charge < -0.3 is 5.32 Å². The van der Waals surface area contributed by atoms with Gasteiger partial charge in [0.2, 0.25) is 5.91 Å². The largest absolute Gasteiger partial charge is 0.352 e. The Bertz CT molecular complexity index is 1020. The van der Waals surface area contributed by atoms with E-state index in [1.165, 1.54) is 41.6 Å². The number of amides is 1. The molecule has 1 fully saturated rings. The SMILES string of the molecule is O=C(Cn1nnc2c(cnn2-c2ccc(F)cc2)c1=O)NC1CCCCC1. The summed E-state index contributed by atoms with van der Waals surface area (Å²) in [5.74, 6) is -0.615. The molecule has 0 unspecified atom stereocenters. The van der Waals surface area contributed by atoms with E-state index in [0.29, 0.717) is 5.69 Å². The second kappa shape index (κ2) is 7.26. The van der Waals surface area contributed by atoms with Crippen molar-refractivity contribution in [3.8, 4) is 5.69 Å². The molecule has 27 heavy (non-hydrogen) atoms. The predicted octanol–water partition coefficient (Wildman–Crippen LogP) is 1.57. The maximum absolute atomic E-state index is 13.1. The normalized spacial score (nSPS) is 15.1. The van der Waals surface area contributed by atoms with Crippen LogP contribution in [-0.2, 0) is 11.3 Å². The van der Waals surface area contributed by atoms with Gasteiger partial charge in [-0.15, -0.1) is 5.10 Å². The lowest BCUT2D eigenvalue weighted by Crippen LogP contribution is -2.40. The fourth-order valence-corrected chi connectivity index (χ4v) is 3.40. The molecule has 1 amide bonds. The standard InChI is InChI=1S/C18H19FN6O2/c19-12-6-8-14(9-7-12)25-17-15(10-20-25)18(27)24(23-22-17)11-16(26)21-13-4-2-1-3-5-13/h6-10,13H,1-5,11H2,(H,21,26). The number of hydrogen-bond acceptors (Lipinski definition) is 5. The van der Waals surface area contributed by atoms with E-state index in [-0.39, 0.29) is 35.3 Å². The van der Waals surface area contributed by atoms with Gasteiger partial charge in [0.05, 0.1) is 11.9 Å². The molecule has 0 radical (unpaired) electrons. The zero-order chi connectivity index (χ0) is 18.8. The molecule has 2 heterocycles. The highest BCUT2D eigenvalue weighted by molar-refractivity contribution is 5.77. The van der Waals surface area contributed by atoms with E-state index in [4.69, 9.17) is 0 Å². The molecule has 0 atom stereocenters. The van der Waals surface area contributed by atoms with E-state index in [1.807, 2.05) is 0 Å². The Morgan fingerprint density at radius 3 is 2.67 bits per heavy atom. The topological polar surface area (TPSA) is 94.7 Å². The number of benzene rings is 1. The molecular formula is C18H19FN6O2. The second-order valence-electron chi connectivity index (χ2n) is 6.72. The number of carbonyl (C=O) groups is 1. The minimum absolute atomic E-state index is 0.167. The maximum Gasteiger partial charge on any atom is 0.281 e. The number of rotatable bonds is 4. The third-order valence-electron chi connectivity index (χ3n) is 4.79. The van der Waals surface area contributed by atoms with Crippen LogP contribution < -0.4 is 10.9 Å². The lowest BCUT2D eigenvalue weighted by Gasteiger charge is -2.22. The zero-order valence-corrected chi connectivity index (χ0v) is 14.6. The molecule has 1 aliphatic carbocycles. The van der Waals surface area contributed by atoms with Gasteiger partial charge in [0, 0.05) is 6.04 Å². The third-order valence-corrected chi connectivity index (χ3v) is 4.79. The first-order chi connectivity index (χ1) is 13.1. The molecule has 1 aromatic carbocycles. The Hall–Kier alpha value is -3.10. The fraction of sp³-hybridized carbons (Fsp3) is 0.389. The Labute approximate surface area is 154 Å². The highest BCUT2D eigenvalue weighted by Crippen LogP contribution is 2.17. The van der Waals surface area contributed by atoms with Gasteiger partial charge in [0.1, 0.15) is 17.7 Å². The highest BCUT2D eigenvalue weighted by atomic mass is 19.1. The molecule has 8 nitrogen and oxygen atoms in total. The maximum atomic E-state index is 13.1. The van der Waals surface area contributed by atoms with Crippen LogP contribution in [0, 0.1) is 5.82 Å². The third kappa shape index (κ3) is 3.57. The summed E-state index contributed by atoms with van der Waals surface area (Å²) in [6.07, 6.45) is 6.74. The smallest absolute Gasteiger partial charge is 0.281 e. The average molecular weight is 370 g/mol. The summed E-state index contributed by atoms with van der Waals surface area (Å²) in [5, 5.41) is 15.3. The molecule has 2 aromatic heterocycles. The van der Waals surface area contributed by atoms with Crippen LogP contribution in [0.25, 0.3) is 16.7 Å². The summed E-state index contributed by atoms with van der Waals surface area (Å²) in [6.45, 7) is -0.181. The molecule has 1 saturated carbocycles. The van der Waals surface area contributed by atoms with E-state index in [0.717, 1.165) is 30.4 Å². The van der Waals surface area contributed by atoms with Crippen LogP contribution in [0.2, 0.25) is 0 Å². The number of nitrogens with one attached hydrogen (secondary N) is 1. The van der Waals surface area contributed by atoms with Crippen LogP contribution in [-0.4, -0.2) is 36.7 Å².